The fourth-order valence-electron chi connectivity index (χ4n) is 2.26. The van der Waals surface area contributed by atoms with Gasteiger partial charge in [-0.05, 0) is 37.1 Å². The minimum absolute atomic E-state index is 0.0819. The lowest BCUT2D eigenvalue weighted by Crippen LogP contribution is -2.29. The molecule has 0 unspecified atom stereocenters. The van der Waals surface area contributed by atoms with Crippen molar-refractivity contribution in [2.45, 2.75) is 20.0 Å². The first-order chi connectivity index (χ1) is 10.1. The molecular formula is C15H14ClNO4. The van der Waals surface area contributed by atoms with E-state index >= 15 is 0 Å². The molecular weight excluding hydrogens is 294 g/mol. The van der Waals surface area contributed by atoms with E-state index < -0.39 is 0 Å². The smallest absolute Gasteiger partial charge is 0.313 e. The van der Waals surface area contributed by atoms with Gasteiger partial charge in [-0.25, -0.2) is 0 Å². The molecule has 2 aromatic rings. The number of hydrogen-bond donors (Lipinski definition) is 0. The van der Waals surface area contributed by atoms with Crippen molar-refractivity contribution < 1.29 is 18.8 Å². The monoisotopic (exact) mass is 307 g/mol. The van der Waals surface area contributed by atoms with E-state index in [1.165, 1.54) is 0 Å². The molecule has 0 amide bonds. The molecule has 5 nitrogen and oxygen atoms in total. The van der Waals surface area contributed by atoms with Crippen LogP contribution in [-0.4, -0.2) is 17.7 Å². The largest absolute Gasteiger partial charge is 0.492 e. The second kappa shape index (κ2) is 5.77. The molecule has 0 spiro atoms. The van der Waals surface area contributed by atoms with Gasteiger partial charge in [0, 0.05) is 11.1 Å². The molecule has 110 valence electrons. The molecule has 6 heteroatoms. The molecule has 0 N–H and O–H groups in total. The Labute approximate surface area is 126 Å². The SMILES string of the molecule is Cc1cc(COC(=O)[C@@H]2COc3ccc(Cl)cc3C2)on1. The van der Waals surface area contributed by atoms with Crippen molar-refractivity contribution in [1.82, 2.24) is 5.16 Å². The van der Waals surface area contributed by atoms with E-state index in [1.807, 2.05) is 19.1 Å². The van der Waals surface area contributed by atoms with E-state index in [-0.39, 0.29) is 18.5 Å². The van der Waals surface area contributed by atoms with Gasteiger partial charge in [-0.15, -0.1) is 0 Å². The number of benzene rings is 1. The molecule has 0 fully saturated rings. The van der Waals surface area contributed by atoms with E-state index in [0.29, 0.717) is 23.8 Å². The summed E-state index contributed by atoms with van der Waals surface area (Å²) in [4.78, 5) is 12.1. The van der Waals surface area contributed by atoms with Gasteiger partial charge in [0.1, 0.15) is 12.4 Å². The quantitative estimate of drug-likeness (QED) is 0.816. The van der Waals surface area contributed by atoms with Crippen LogP contribution in [0.2, 0.25) is 5.02 Å². The van der Waals surface area contributed by atoms with Gasteiger partial charge >= 0.3 is 5.97 Å². The van der Waals surface area contributed by atoms with Crippen LogP contribution in [0.3, 0.4) is 0 Å². The highest BCUT2D eigenvalue weighted by atomic mass is 35.5. The number of hydrogen-bond acceptors (Lipinski definition) is 5. The van der Waals surface area contributed by atoms with Crippen LogP contribution in [0.15, 0.2) is 28.8 Å². The van der Waals surface area contributed by atoms with Gasteiger partial charge in [-0.2, -0.15) is 0 Å². The van der Waals surface area contributed by atoms with Crippen molar-refractivity contribution in [3.8, 4) is 5.75 Å². The molecule has 0 aliphatic carbocycles. The van der Waals surface area contributed by atoms with Crippen LogP contribution in [0.1, 0.15) is 17.0 Å². The van der Waals surface area contributed by atoms with Crippen molar-refractivity contribution in [3.05, 3.63) is 46.3 Å². The normalized spacial score (nSPS) is 17.0. The Morgan fingerprint density at radius 3 is 3.10 bits per heavy atom. The number of carbonyl (C=O) groups excluding carboxylic acids is 1. The van der Waals surface area contributed by atoms with Crippen LogP contribution >= 0.6 is 11.6 Å². The first-order valence-electron chi connectivity index (χ1n) is 6.62. The van der Waals surface area contributed by atoms with Gasteiger partial charge in [0.25, 0.3) is 0 Å². The summed E-state index contributed by atoms with van der Waals surface area (Å²) in [5.74, 6) is 0.657. The summed E-state index contributed by atoms with van der Waals surface area (Å²) in [7, 11) is 0. The highest BCUT2D eigenvalue weighted by molar-refractivity contribution is 6.30. The maximum atomic E-state index is 12.1. The Kier molecular flexibility index (Phi) is 3.84. The van der Waals surface area contributed by atoms with Gasteiger partial charge in [-0.3, -0.25) is 4.79 Å². The second-order valence-electron chi connectivity index (χ2n) is 5.01. The van der Waals surface area contributed by atoms with E-state index in [1.54, 1.807) is 12.1 Å². The van der Waals surface area contributed by atoms with Gasteiger partial charge in [0.05, 0.1) is 11.6 Å². The third-order valence-electron chi connectivity index (χ3n) is 3.30. The highest BCUT2D eigenvalue weighted by Crippen LogP contribution is 2.30. The first-order valence-corrected chi connectivity index (χ1v) is 6.99. The van der Waals surface area contributed by atoms with Gasteiger partial charge in [0.15, 0.2) is 12.4 Å². The van der Waals surface area contributed by atoms with E-state index in [0.717, 1.165) is 17.0 Å². The summed E-state index contributed by atoms with van der Waals surface area (Å²) in [6, 6.07) is 7.14. The minimum atomic E-state index is -0.333. The maximum Gasteiger partial charge on any atom is 0.313 e. The lowest BCUT2D eigenvalue weighted by molar-refractivity contribution is -0.152. The molecule has 1 atom stereocenters. The van der Waals surface area contributed by atoms with E-state index in [9.17, 15) is 4.79 Å². The topological polar surface area (TPSA) is 61.6 Å². The summed E-state index contributed by atoms with van der Waals surface area (Å²) in [5.41, 5.74) is 1.68. The molecule has 21 heavy (non-hydrogen) atoms. The number of fused-ring (bicyclic) bond motifs is 1. The van der Waals surface area contributed by atoms with Crippen molar-refractivity contribution in [2.24, 2.45) is 5.92 Å². The van der Waals surface area contributed by atoms with Crippen molar-refractivity contribution in [1.29, 1.82) is 0 Å². The molecule has 3 rings (SSSR count). The van der Waals surface area contributed by atoms with Gasteiger partial charge in [-0.1, -0.05) is 16.8 Å². The Balaban J connectivity index is 1.61. The summed E-state index contributed by atoms with van der Waals surface area (Å²) in [5, 5.41) is 4.37. The van der Waals surface area contributed by atoms with Crippen molar-refractivity contribution in [2.75, 3.05) is 6.61 Å². The van der Waals surface area contributed by atoms with Crippen LogP contribution in [0, 0.1) is 12.8 Å². The second-order valence-corrected chi connectivity index (χ2v) is 5.44. The van der Waals surface area contributed by atoms with Crippen LogP contribution in [0.5, 0.6) is 5.75 Å². The van der Waals surface area contributed by atoms with Crippen molar-refractivity contribution >= 4 is 17.6 Å². The number of nitrogens with zero attached hydrogens (tertiary/aromatic N) is 1. The predicted molar refractivity (Wildman–Crippen MR) is 75.2 cm³/mol. The summed E-state index contributed by atoms with van der Waals surface area (Å²) in [6.45, 7) is 2.20. The summed E-state index contributed by atoms with van der Waals surface area (Å²) < 4.78 is 15.8. The molecule has 0 saturated heterocycles. The third-order valence-corrected chi connectivity index (χ3v) is 3.53. The Hall–Kier alpha value is -2.01. The zero-order chi connectivity index (χ0) is 14.8. The summed E-state index contributed by atoms with van der Waals surface area (Å²) in [6.07, 6.45) is 0.560. The van der Waals surface area contributed by atoms with Crippen LogP contribution < -0.4 is 4.74 Å². The zero-order valence-electron chi connectivity index (χ0n) is 11.5. The van der Waals surface area contributed by atoms with Gasteiger partial charge in [0.2, 0.25) is 0 Å². The van der Waals surface area contributed by atoms with Crippen LogP contribution in [0.4, 0.5) is 0 Å². The molecule has 0 saturated carbocycles. The number of esters is 1. The lowest BCUT2D eigenvalue weighted by atomic mass is 9.97. The van der Waals surface area contributed by atoms with Crippen molar-refractivity contribution in [3.63, 3.8) is 0 Å². The molecule has 0 radical (unpaired) electrons. The number of carbonyl (C=O) groups is 1. The lowest BCUT2D eigenvalue weighted by Gasteiger charge is -2.23. The molecule has 1 aromatic carbocycles. The number of aromatic nitrogens is 1. The molecule has 0 bridgehead atoms. The van der Waals surface area contributed by atoms with Crippen LogP contribution in [-0.2, 0) is 22.6 Å². The minimum Gasteiger partial charge on any atom is -0.492 e. The summed E-state index contributed by atoms with van der Waals surface area (Å²) >= 11 is 5.96. The van der Waals surface area contributed by atoms with E-state index in [2.05, 4.69) is 5.16 Å². The Bertz CT molecular complexity index is 667. The van der Waals surface area contributed by atoms with Gasteiger partial charge < -0.3 is 14.0 Å². The standard InChI is InChI=1S/C15H14ClNO4/c1-9-4-13(21-17-9)8-20-15(18)11-5-10-6-12(16)2-3-14(10)19-7-11/h2-4,6,11H,5,7-8H2,1H3/t11-/m0/s1. The average molecular weight is 308 g/mol. The Morgan fingerprint density at radius 2 is 2.33 bits per heavy atom. The molecule has 1 aliphatic rings. The number of rotatable bonds is 3. The predicted octanol–water partition coefficient (Wildman–Crippen LogP) is 2.93. The molecule has 2 heterocycles. The first kappa shape index (κ1) is 13.9. The number of halogens is 1. The maximum absolute atomic E-state index is 12.1. The molecule has 1 aliphatic heterocycles. The molecule has 1 aromatic heterocycles. The number of aryl methyl sites for hydroxylation is 1. The number of ether oxygens (including phenoxy) is 2. The van der Waals surface area contributed by atoms with E-state index in [4.69, 9.17) is 25.6 Å². The fourth-order valence-corrected chi connectivity index (χ4v) is 2.45. The zero-order valence-corrected chi connectivity index (χ0v) is 12.2. The average Bonchev–Trinajstić information content (AvgIpc) is 2.89. The highest BCUT2D eigenvalue weighted by Gasteiger charge is 2.27. The Morgan fingerprint density at radius 1 is 1.48 bits per heavy atom. The van der Waals surface area contributed by atoms with Crippen LogP contribution in [0.25, 0.3) is 0 Å². The fraction of sp³-hybridized carbons (Fsp3) is 0.333. The third kappa shape index (κ3) is 3.19.